The molecule has 0 saturated heterocycles. The number of carbonyl (C=O) groups is 1. The number of aryl methyl sites for hydroxylation is 1. The van der Waals surface area contributed by atoms with Crippen LogP contribution in [0.1, 0.15) is 54.9 Å². The summed E-state index contributed by atoms with van der Waals surface area (Å²) in [6.45, 7) is 4.13. The summed E-state index contributed by atoms with van der Waals surface area (Å²) >= 11 is 1.23. The van der Waals surface area contributed by atoms with Crippen molar-refractivity contribution in [3.05, 3.63) is 10.6 Å². The minimum Gasteiger partial charge on any atom is -0.293 e. The predicted octanol–water partition coefficient (Wildman–Crippen LogP) is 2.86. The molecule has 0 spiro atoms. The van der Waals surface area contributed by atoms with Crippen LogP contribution in [-0.2, 0) is 6.42 Å². The van der Waals surface area contributed by atoms with Crippen molar-refractivity contribution in [2.75, 3.05) is 0 Å². The van der Waals surface area contributed by atoms with Crippen LogP contribution >= 0.6 is 11.5 Å². The fourth-order valence-corrected chi connectivity index (χ4v) is 2.02. The van der Waals surface area contributed by atoms with E-state index in [1.54, 1.807) is 0 Å². The Morgan fingerprint density at radius 3 is 2.79 bits per heavy atom. The Morgan fingerprint density at radius 1 is 1.36 bits per heavy atom. The minimum absolute atomic E-state index is 0.213. The maximum atomic E-state index is 11.7. The van der Waals surface area contributed by atoms with Crippen molar-refractivity contribution >= 4 is 17.3 Å². The van der Waals surface area contributed by atoms with Crippen LogP contribution in [0, 0.1) is 0 Å². The Bertz CT molecular complexity index is 296. The maximum Gasteiger partial charge on any atom is 0.176 e. The summed E-state index contributed by atoms with van der Waals surface area (Å²) in [5.41, 5.74) is 0.858. The smallest absolute Gasteiger partial charge is 0.176 e. The third-order valence-electron chi connectivity index (χ3n) is 2.15. The summed E-state index contributed by atoms with van der Waals surface area (Å²) in [5.74, 6) is 0.213. The molecule has 0 bridgehead atoms. The van der Waals surface area contributed by atoms with Gasteiger partial charge in [-0.15, -0.1) is 5.10 Å². The molecule has 0 fully saturated rings. The first-order valence-electron chi connectivity index (χ1n) is 5.14. The number of rotatable bonds is 6. The highest BCUT2D eigenvalue weighted by molar-refractivity contribution is 7.08. The fraction of sp³-hybridized carbons (Fsp3) is 0.700. The van der Waals surface area contributed by atoms with Gasteiger partial charge in [-0.25, -0.2) is 0 Å². The van der Waals surface area contributed by atoms with Gasteiger partial charge in [0.05, 0.1) is 5.69 Å². The molecule has 4 heteroatoms. The minimum atomic E-state index is 0.213. The van der Waals surface area contributed by atoms with Crippen molar-refractivity contribution in [2.24, 2.45) is 0 Å². The highest BCUT2D eigenvalue weighted by atomic mass is 32.1. The van der Waals surface area contributed by atoms with Gasteiger partial charge in [0, 0.05) is 6.42 Å². The van der Waals surface area contributed by atoms with Crippen molar-refractivity contribution < 1.29 is 4.79 Å². The topological polar surface area (TPSA) is 42.9 Å². The van der Waals surface area contributed by atoms with Gasteiger partial charge in [-0.1, -0.05) is 31.2 Å². The van der Waals surface area contributed by atoms with E-state index >= 15 is 0 Å². The lowest BCUT2D eigenvalue weighted by atomic mass is 10.1. The second-order valence-electron chi connectivity index (χ2n) is 3.28. The normalized spacial score (nSPS) is 10.4. The SMILES string of the molecule is CCCCCC(=O)c1snnc1CC. The average Bonchev–Trinajstić information content (AvgIpc) is 2.65. The second-order valence-corrected chi connectivity index (χ2v) is 4.04. The number of hydrogen-bond donors (Lipinski definition) is 0. The lowest BCUT2D eigenvalue weighted by molar-refractivity contribution is 0.0982. The average molecular weight is 212 g/mol. The van der Waals surface area contributed by atoms with E-state index in [1.807, 2.05) is 6.92 Å². The Morgan fingerprint density at radius 2 is 2.14 bits per heavy atom. The molecule has 78 valence electrons. The predicted molar refractivity (Wildman–Crippen MR) is 57.8 cm³/mol. The van der Waals surface area contributed by atoms with Crippen LogP contribution in [0.4, 0.5) is 0 Å². The van der Waals surface area contributed by atoms with E-state index in [2.05, 4.69) is 16.5 Å². The zero-order valence-electron chi connectivity index (χ0n) is 8.75. The molecule has 0 aliphatic carbocycles. The van der Waals surface area contributed by atoms with E-state index in [0.717, 1.165) is 36.3 Å². The number of carbonyl (C=O) groups excluding carboxylic acids is 1. The van der Waals surface area contributed by atoms with Crippen LogP contribution in [0.2, 0.25) is 0 Å². The third kappa shape index (κ3) is 2.87. The molecule has 0 aliphatic heterocycles. The van der Waals surface area contributed by atoms with Gasteiger partial charge in [0.15, 0.2) is 5.78 Å². The summed E-state index contributed by atoms with van der Waals surface area (Å²) in [6.07, 6.45) is 4.70. The van der Waals surface area contributed by atoms with Crippen molar-refractivity contribution in [3.8, 4) is 0 Å². The first-order valence-corrected chi connectivity index (χ1v) is 5.91. The van der Waals surface area contributed by atoms with Gasteiger partial charge in [-0.05, 0) is 24.4 Å². The molecule has 0 saturated carbocycles. The van der Waals surface area contributed by atoms with Gasteiger partial charge in [-0.2, -0.15) is 0 Å². The molecule has 0 aromatic carbocycles. The molecular weight excluding hydrogens is 196 g/mol. The monoisotopic (exact) mass is 212 g/mol. The Labute approximate surface area is 88.7 Å². The molecule has 0 unspecified atom stereocenters. The van der Waals surface area contributed by atoms with Gasteiger partial charge in [-0.3, -0.25) is 4.79 Å². The van der Waals surface area contributed by atoms with Crippen LogP contribution in [-0.4, -0.2) is 15.4 Å². The molecule has 1 heterocycles. The van der Waals surface area contributed by atoms with Crippen LogP contribution in [0.15, 0.2) is 0 Å². The highest BCUT2D eigenvalue weighted by Gasteiger charge is 2.13. The van der Waals surface area contributed by atoms with Gasteiger partial charge in [0.1, 0.15) is 4.88 Å². The number of Topliss-reactive ketones (excluding diaryl/α,β-unsaturated/α-hetero) is 1. The molecule has 1 aromatic rings. The molecule has 1 aromatic heterocycles. The van der Waals surface area contributed by atoms with Gasteiger partial charge in [0.2, 0.25) is 0 Å². The summed E-state index contributed by atoms with van der Waals surface area (Å²) < 4.78 is 3.81. The third-order valence-corrected chi connectivity index (χ3v) is 2.96. The zero-order chi connectivity index (χ0) is 10.4. The van der Waals surface area contributed by atoms with Crippen molar-refractivity contribution in [3.63, 3.8) is 0 Å². The number of hydrogen-bond acceptors (Lipinski definition) is 4. The van der Waals surface area contributed by atoms with Gasteiger partial charge < -0.3 is 0 Å². The van der Waals surface area contributed by atoms with E-state index in [1.165, 1.54) is 11.5 Å². The molecular formula is C10H16N2OS. The van der Waals surface area contributed by atoms with Crippen molar-refractivity contribution in [1.29, 1.82) is 0 Å². The Balaban J connectivity index is 2.51. The Kier molecular flexibility index (Phi) is 4.73. The summed E-state index contributed by atoms with van der Waals surface area (Å²) in [4.78, 5) is 12.5. The van der Waals surface area contributed by atoms with Gasteiger partial charge in [0.25, 0.3) is 0 Å². The standard InChI is InChI=1S/C10H16N2OS/c1-3-5-6-7-9(13)10-8(4-2)11-12-14-10/h3-7H2,1-2H3. The zero-order valence-corrected chi connectivity index (χ0v) is 9.56. The molecule has 0 aliphatic rings. The Hall–Kier alpha value is -0.770. The van der Waals surface area contributed by atoms with E-state index in [4.69, 9.17) is 0 Å². The largest absolute Gasteiger partial charge is 0.293 e. The quantitative estimate of drug-likeness (QED) is 0.538. The fourth-order valence-electron chi connectivity index (χ4n) is 1.30. The van der Waals surface area contributed by atoms with Crippen LogP contribution < -0.4 is 0 Å². The van der Waals surface area contributed by atoms with Crippen LogP contribution in [0.3, 0.4) is 0 Å². The summed E-state index contributed by atoms with van der Waals surface area (Å²) in [7, 11) is 0. The molecule has 0 radical (unpaired) electrons. The van der Waals surface area contributed by atoms with Crippen molar-refractivity contribution in [1.82, 2.24) is 9.59 Å². The summed E-state index contributed by atoms with van der Waals surface area (Å²) in [6, 6.07) is 0. The molecule has 0 atom stereocenters. The number of nitrogens with zero attached hydrogens (tertiary/aromatic N) is 2. The van der Waals surface area contributed by atoms with Crippen LogP contribution in [0.5, 0.6) is 0 Å². The van der Waals surface area contributed by atoms with E-state index in [0.29, 0.717) is 6.42 Å². The van der Waals surface area contributed by atoms with Crippen molar-refractivity contribution in [2.45, 2.75) is 46.0 Å². The maximum absolute atomic E-state index is 11.7. The summed E-state index contributed by atoms with van der Waals surface area (Å²) in [5, 5.41) is 3.93. The van der Waals surface area contributed by atoms with Crippen LogP contribution in [0.25, 0.3) is 0 Å². The lowest BCUT2D eigenvalue weighted by Crippen LogP contribution is -2.00. The second kappa shape index (κ2) is 5.86. The first-order chi connectivity index (χ1) is 6.79. The molecule has 3 nitrogen and oxygen atoms in total. The number of aromatic nitrogens is 2. The highest BCUT2D eigenvalue weighted by Crippen LogP contribution is 2.15. The lowest BCUT2D eigenvalue weighted by Gasteiger charge is -1.97. The molecule has 0 N–H and O–H groups in total. The van der Waals surface area contributed by atoms with E-state index in [9.17, 15) is 4.79 Å². The van der Waals surface area contributed by atoms with Gasteiger partial charge >= 0.3 is 0 Å². The number of unbranched alkanes of at least 4 members (excludes halogenated alkanes) is 2. The number of ketones is 1. The van der Waals surface area contributed by atoms with E-state index in [-0.39, 0.29) is 5.78 Å². The molecule has 1 rings (SSSR count). The molecule has 14 heavy (non-hydrogen) atoms. The first kappa shape index (κ1) is 11.3. The molecule has 0 amide bonds. The van der Waals surface area contributed by atoms with E-state index < -0.39 is 0 Å².